The van der Waals surface area contributed by atoms with Crippen LogP contribution in [0.1, 0.15) is 34.1 Å². The molecule has 0 aromatic rings. The monoisotopic (exact) mass is 178 g/mol. The zero-order valence-corrected chi connectivity index (χ0v) is 8.61. The first kappa shape index (κ1) is 13.4. The predicted octanol–water partition coefficient (Wildman–Crippen LogP) is 2.44. The Labute approximate surface area is 74.4 Å². The van der Waals surface area contributed by atoms with Gasteiger partial charge in [0.1, 0.15) is 0 Å². The third-order valence-corrected chi connectivity index (χ3v) is 0.549. The Kier molecular flexibility index (Phi) is 7.96. The minimum absolute atomic E-state index is 0.156. The summed E-state index contributed by atoms with van der Waals surface area (Å²) in [6.45, 7) is 8.75. The SMILES string of the molecule is CC(C)(C)C.O=C(O)CCS. The molecule has 2 nitrogen and oxygen atoms in total. The quantitative estimate of drug-likeness (QED) is 0.637. The topological polar surface area (TPSA) is 37.3 Å². The summed E-state index contributed by atoms with van der Waals surface area (Å²) in [6.07, 6.45) is 0.156. The van der Waals surface area contributed by atoms with Crippen LogP contribution in [0, 0.1) is 5.41 Å². The Balaban J connectivity index is 0. The smallest absolute Gasteiger partial charge is 0.304 e. The molecular weight excluding hydrogens is 160 g/mol. The largest absolute Gasteiger partial charge is 0.481 e. The van der Waals surface area contributed by atoms with Crippen molar-refractivity contribution in [2.45, 2.75) is 34.1 Å². The summed E-state index contributed by atoms with van der Waals surface area (Å²) >= 11 is 3.68. The molecule has 0 radical (unpaired) electrons. The van der Waals surface area contributed by atoms with Gasteiger partial charge in [-0.25, -0.2) is 0 Å². The highest BCUT2D eigenvalue weighted by Crippen LogP contribution is 2.07. The molecule has 0 saturated heterocycles. The fourth-order valence-corrected chi connectivity index (χ4v) is 0.287. The van der Waals surface area contributed by atoms with Gasteiger partial charge in [-0.3, -0.25) is 4.79 Å². The lowest BCUT2D eigenvalue weighted by Gasteiger charge is -2.05. The minimum atomic E-state index is -0.787. The normalized spacial score (nSPS) is 9.91. The number of hydrogen-bond acceptors (Lipinski definition) is 2. The first-order valence-corrected chi connectivity index (χ1v) is 4.23. The highest BCUT2D eigenvalue weighted by Gasteiger charge is 1.95. The highest BCUT2D eigenvalue weighted by atomic mass is 32.1. The first-order valence-electron chi connectivity index (χ1n) is 3.60. The van der Waals surface area contributed by atoms with E-state index in [2.05, 4.69) is 40.3 Å². The fourth-order valence-electron chi connectivity index (χ4n) is 0.0956. The van der Waals surface area contributed by atoms with Crippen molar-refractivity contribution in [2.75, 3.05) is 5.75 Å². The predicted molar refractivity (Wildman–Crippen MR) is 51.2 cm³/mol. The van der Waals surface area contributed by atoms with Crippen molar-refractivity contribution in [1.29, 1.82) is 0 Å². The van der Waals surface area contributed by atoms with Gasteiger partial charge in [-0.2, -0.15) is 12.6 Å². The molecule has 0 atom stereocenters. The number of aliphatic carboxylic acids is 1. The van der Waals surface area contributed by atoms with Crippen LogP contribution in [0.5, 0.6) is 0 Å². The third kappa shape index (κ3) is 75.5. The van der Waals surface area contributed by atoms with Crippen molar-refractivity contribution in [3.8, 4) is 0 Å². The lowest BCUT2D eigenvalue weighted by atomic mass is 10.0. The highest BCUT2D eigenvalue weighted by molar-refractivity contribution is 7.80. The standard InChI is InChI=1S/C5H12.C3H6O2S/c1-5(2,3)4;4-3(5)1-2-6/h1-4H3;6H,1-2H2,(H,4,5). The van der Waals surface area contributed by atoms with Crippen molar-refractivity contribution in [3.05, 3.63) is 0 Å². The second kappa shape index (κ2) is 6.53. The molecular formula is C8H18O2S. The van der Waals surface area contributed by atoms with E-state index in [-0.39, 0.29) is 6.42 Å². The Morgan fingerprint density at radius 1 is 1.36 bits per heavy atom. The molecule has 0 aliphatic carbocycles. The van der Waals surface area contributed by atoms with Gasteiger partial charge >= 0.3 is 5.97 Å². The molecule has 0 heterocycles. The van der Waals surface area contributed by atoms with E-state index in [1.54, 1.807) is 0 Å². The van der Waals surface area contributed by atoms with Crippen molar-refractivity contribution in [2.24, 2.45) is 5.41 Å². The van der Waals surface area contributed by atoms with Crippen LogP contribution in [0.2, 0.25) is 0 Å². The van der Waals surface area contributed by atoms with E-state index in [0.717, 1.165) is 0 Å². The van der Waals surface area contributed by atoms with Gasteiger partial charge in [0.25, 0.3) is 0 Å². The Morgan fingerprint density at radius 3 is 1.64 bits per heavy atom. The number of carboxylic acid groups (broad SMARTS) is 1. The van der Waals surface area contributed by atoms with E-state index < -0.39 is 5.97 Å². The van der Waals surface area contributed by atoms with E-state index in [0.29, 0.717) is 11.2 Å². The van der Waals surface area contributed by atoms with E-state index in [1.807, 2.05) is 0 Å². The fraction of sp³-hybridized carbons (Fsp3) is 0.875. The number of rotatable bonds is 2. The van der Waals surface area contributed by atoms with Gasteiger partial charge in [-0.05, 0) is 5.41 Å². The molecule has 68 valence electrons. The summed E-state index contributed by atoms with van der Waals surface area (Å²) < 4.78 is 0. The minimum Gasteiger partial charge on any atom is -0.481 e. The van der Waals surface area contributed by atoms with E-state index in [1.165, 1.54) is 0 Å². The maximum absolute atomic E-state index is 9.55. The summed E-state index contributed by atoms with van der Waals surface area (Å²) in [5.41, 5.74) is 0.500. The van der Waals surface area contributed by atoms with E-state index >= 15 is 0 Å². The van der Waals surface area contributed by atoms with Crippen LogP contribution in [0.25, 0.3) is 0 Å². The van der Waals surface area contributed by atoms with Gasteiger partial charge in [-0.1, -0.05) is 27.7 Å². The van der Waals surface area contributed by atoms with Gasteiger partial charge in [0.15, 0.2) is 0 Å². The average molecular weight is 178 g/mol. The molecule has 0 bridgehead atoms. The van der Waals surface area contributed by atoms with Gasteiger partial charge < -0.3 is 5.11 Å². The zero-order valence-electron chi connectivity index (χ0n) is 7.72. The number of hydrogen-bond donors (Lipinski definition) is 2. The molecule has 0 spiro atoms. The lowest BCUT2D eigenvalue weighted by molar-refractivity contribution is -0.136. The first-order chi connectivity index (χ1) is 4.77. The molecule has 0 aromatic carbocycles. The average Bonchev–Trinajstić information content (AvgIpc) is 1.58. The van der Waals surface area contributed by atoms with Crippen molar-refractivity contribution >= 4 is 18.6 Å². The van der Waals surface area contributed by atoms with Crippen molar-refractivity contribution < 1.29 is 9.90 Å². The third-order valence-electron chi connectivity index (χ3n) is 0.326. The van der Waals surface area contributed by atoms with Crippen LogP contribution in [-0.4, -0.2) is 16.8 Å². The molecule has 11 heavy (non-hydrogen) atoms. The van der Waals surface area contributed by atoms with Gasteiger partial charge in [0, 0.05) is 5.75 Å². The molecule has 0 amide bonds. The van der Waals surface area contributed by atoms with E-state index in [4.69, 9.17) is 5.11 Å². The number of carboxylic acids is 1. The van der Waals surface area contributed by atoms with Crippen LogP contribution < -0.4 is 0 Å². The van der Waals surface area contributed by atoms with Gasteiger partial charge in [0.2, 0.25) is 0 Å². The molecule has 3 heteroatoms. The van der Waals surface area contributed by atoms with Gasteiger partial charge in [0.05, 0.1) is 6.42 Å². The molecule has 0 rings (SSSR count). The van der Waals surface area contributed by atoms with Gasteiger partial charge in [-0.15, -0.1) is 0 Å². The second-order valence-corrected chi connectivity index (χ2v) is 4.31. The summed E-state index contributed by atoms with van der Waals surface area (Å²) in [5, 5.41) is 7.86. The Hall–Kier alpha value is -0.180. The van der Waals surface area contributed by atoms with Crippen LogP contribution in [0.15, 0.2) is 0 Å². The van der Waals surface area contributed by atoms with Crippen LogP contribution >= 0.6 is 12.6 Å². The summed E-state index contributed by atoms with van der Waals surface area (Å²) in [4.78, 5) is 9.55. The molecule has 0 saturated carbocycles. The molecule has 1 N–H and O–H groups in total. The summed E-state index contributed by atoms with van der Waals surface area (Å²) in [5.74, 6) is -0.361. The number of carbonyl (C=O) groups is 1. The maximum Gasteiger partial charge on any atom is 0.304 e. The summed E-state index contributed by atoms with van der Waals surface area (Å²) in [7, 11) is 0. The Bertz CT molecular complexity index is 99.1. The molecule has 0 aliphatic heterocycles. The number of thiol groups is 1. The zero-order chi connectivity index (χ0) is 9.49. The van der Waals surface area contributed by atoms with Crippen LogP contribution in [-0.2, 0) is 4.79 Å². The van der Waals surface area contributed by atoms with Crippen LogP contribution in [0.3, 0.4) is 0 Å². The second-order valence-electron chi connectivity index (χ2n) is 3.87. The van der Waals surface area contributed by atoms with Crippen molar-refractivity contribution in [1.82, 2.24) is 0 Å². The molecule has 0 aliphatic rings. The van der Waals surface area contributed by atoms with Crippen molar-refractivity contribution in [3.63, 3.8) is 0 Å². The Morgan fingerprint density at radius 2 is 1.64 bits per heavy atom. The van der Waals surface area contributed by atoms with Crippen LogP contribution in [0.4, 0.5) is 0 Å². The summed E-state index contributed by atoms with van der Waals surface area (Å²) in [6, 6.07) is 0. The molecule has 0 unspecified atom stereocenters. The van der Waals surface area contributed by atoms with E-state index in [9.17, 15) is 4.79 Å². The maximum atomic E-state index is 9.55. The lowest BCUT2D eigenvalue weighted by Crippen LogP contribution is -1.93. The molecule has 0 aromatic heterocycles. The molecule has 0 fully saturated rings.